The molecule has 0 aromatic rings. The molecule has 1 saturated carbocycles. The molecule has 0 aromatic carbocycles. The minimum Gasteiger partial charge on any atom is -0.352 e. The number of hydrogen-bond donors (Lipinski definition) is 1. The van der Waals surface area contributed by atoms with Crippen LogP contribution in [0.4, 0.5) is 0 Å². The Morgan fingerprint density at radius 1 is 1.14 bits per heavy atom. The van der Waals surface area contributed by atoms with Gasteiger partial charge in [-0.1, -0.05) is 19.8 Å². The third kappa shape index (κ3) is 4.70. The third-order valence-electron chi connectivity index (χ3n) is 5.43. The number of rotatable bonds is 4. The van der Waals surface area contributed by atoms with Gasteiger partial charge in [0.15, 0.2) is 0 Å². The van der Waals surface area contributed by atoms with E-state index >= 15 is 0 Å². The summed E-state index contributed by atoms with van der Waals surface area (Å²) in [5.74, 6) is 0.896. The zero-order valence-electron chi connectivity index (χ0n) is 14.3. The smallest absolute Gasteiger partial charge is 0.234 e. The van der Waals surface area contributed by atoms with Crippen LogP contribution in [-0.4, -0.2) is 60.4 Å². The van der Waals surface area contributed by atoms with E-state index in [1.165, 1.54) is 19.3 Å². The summed E-state index contributed by atoms with van der Waals surface area (Å²) in [6.07, 6.45) is 6.81. The predicted octanol–water partition coefficient (Wildman–Crippen LogP) is 1.62. The standard InChI is InChI=1S/C17H31N3O2/c1-13-6-4-5-7-16(13)18-17(22)12-20-10-8-15(9-11-20)19(3)14(2)21/h13,15-16H,4-12H2,1-3H3,(H,18,22). The number of amides is 2. The predicted molar refractivity (Wildman–Crippen MR) is 87.5 cm³/mol. The Morgan fingerprint density at radius 3 is 2.36 bits per heavy atom. The molecule has 2 unspecified atom stereocenters. The summed E-state index contributed by atoms with van der Waals surface area (Å²) in [6, 6.07) is 0.692. The molecule has 1 aliphatic heterocycles. The number of nitrogens with one attached hydrogen (secondary N) is 1. The van der Waals surface area contributed by atoms with E-state index in [9.17, 15) is 9.59 Å². The number of nitrogens with zero attached hydrogens (tertiary/aromatic N) is 2. The Bertz CT molecular complexity index is 391. The lowest BCUT2D eigenvalue weighted by Gasteiger charge is -2.36. The third-order valence-corrected chi connectivity index (χ3v) is 5.43. The molecular weight excluding hydrogens is 278 g/mol. The Kier molecular flexibility index (Phi) is 6.24. The van der Waals surface area contributed by atoms with E-state index in [0.717, 1.165) is 32.4 Å². The van der Waals surface area contributed by atoms with Crippen LogP contribution in [0.25, 0.3) is 0 Å². The highest BCUT2D eigenvalue weighted by Gasteiger charge is 2.26. The monoisotopic (exact) mass is 309 g/mol. The molecule has 0 bridgehead atoms. The van der Waals surface area contributed by atoms with Crippen LogP contribution >= 0.6 is 0 Å². The molecule has 5 heteroatoms. The summed E-state index contributed by atoms with van der Waals surface area (Å²) in [4.78, 5) is 27.7. The van der Waals surface area contributed by atoms with E-state index in [4.69, 9.17) is 0 Å². The molecule has 5 nitrogen and oxygen atoms in total. The molecule has 126 valence electrons. The van der Waals surface area contributed by atoms with Gasteiger partial charge in [-0.05, 0) is 31.6 Å². The van der Waals surface area contributed by atoms with Gasteiger partial charge in [-0.3, -0.25) is 14.5 Å². The first-order valence-electron chi connectivity index (χ1n) is 8.72. The van der Waals surface area contributed by atoms with Crippen molar-refractivity contribution >= 4 is 11.8 Å². The molecule has 1 aliphatic carbocycles. The second kappa shape index (κ2) is 7.95. The van der Waals surface area contributed by atoms with Crippen molar-refractivity contribution in [1.82, 2.24) is 15.1 Å². The summed E-state index contributed by atoms with van der Waals surface area (Å²) < 4.78 is 0. The molecule has 1 saturated heterocycles. The first-order valence-corrected chi connectivity index (χ1v) is 8.72. The van der Waals surface area contributed by atoms with Gasteiger partial charge in [-0.2, -0.15) is 0 Å². The van der Waals surface area contributed by atoms with Crippen molar-refractivity contribution in [2.45, 2.75) is 64.5 Å². The highest BCUT2D eigenvalue weighted by atomic mass is 16.2. The molecule has 0 aromatic heterocycles. The maximum atomic E-state index is 12.2. The SMILES string of the molecule is CC(=O)N(C)C1CCN(CC(=O)NC2CCCCC2C)CC1. The Morgan fingerprint density at radius 2 is 1.77 bits per heavy atom. The maximum absolute atomic E-state index is 12.2. The topological polar surface area (TPSA) is 52.7 Å². The lowest BCUT2D eigenvalue weighted by molar-refractivity contribution is -0.131. The summed E-state index contributed by atoms with van der Waals surface area (Å²) in [7, 11) is 1.87. The molecule has 1 heterocycles. The van der Waals surface area contributed by atoms with E-state index < -0.39 is 0 Å². The van der Waals surface area contributed by atoms with Crippen molar-refractivity contribution < 1.29 is 9.59 Å². The van der Waals surface area contributed by atoms with Gasteiger partial charge >= 0.3 is 0 Å². The van der Waals surface area contributed by atoms with E-state index in [-0.39, 0.29) is 11.8 Å². The number of piperidine rings is 1. The lowest BCUT2D eigenvalue weighted by Crippen LogP contribution is -2.49. The molecule has 0 radical (unpaired) electrons. The fraction of sp³-hybridized carbons (Fsp3) is 0.882. The van der Waals surface area contributed by atoms with Gasteiger partial charge in [-0.25, -0.2) is 0 Å². The van der Waals surface area contributed by atoms with Crippen LogP contribution in [0.3, 0.4) is 0 Å². The minimum absolute atomic E-state index is 0.127. The van der Waals surface area contributed by atoms with E-state index in [2.05, 4.69) is 17.1 Å². The van der Waals surface area contributed by atoms with Crippen LogP contribution in [0.5, 0.6) is 0 Å². The minimum atomic E-state index is 0.127. The van der Waals surface area contributed by atoms with Crippen LogP contribution in [0.15, 0.2) is 0 Å². The van der Waals surface area contributed by atoms with Gasteiger partial charge in [0.1, 0.15) is 0 Å². The molecule has 22 heavy (non-hydrogen) atoms. The van der Waals surface area contributed by atoms with Gasteiger partial charge in [-0.15, -0.1) is 0 Å². The largest absolute Gasteiger partial charge is 0.352 e. The van der Waals surface area contributed by atoms with Crippen molar-refractivity contribution in [3.8, 4) is 0 Å². The van der Waals surface area contributed by atoms with Gasteiger partial charge in [0, 0.05) is 39.1 Å². The van der Waals surface area contributed by atoms with Crippen molar-refractivity contribution in [3.05, 3.63) is 0 Å². The number of carbonyl (C=O) groups excluding carboxylic acids is 2. The van der Waals surface area contributed by atoms with Crippen molar-refractivity contribution in [3.63, 3.8) is 0 Å². The normalized spacial score (nSPS) is 27.4. The first kappa shape index (κ1) is 17.3. The molecular formula is C17H31N3O2. The Balaban J connectivity index is 1.71. The second-order valence-electron chi connectivity index (χ2n) is 7.07. The number of likely N-dealkylation sites (tertiary alicyclic amines) is 1. The van der Waals surface area contributed by atoms with E-state index in [1.807, 2.05) is 11.9 Å². The summed E-state index contributed by atoms with van der Waals surface area (Å²) in [5, 5.41) is 3.22. The van der Waals surface area contributed by atoms with Crippen LogP contribution in [0.2, 0.25) is 0 Å². The zero-order valence-corrected chi connectivity index (χ0v) is 14.3. The average molecular weight is 309 g/mol. The number of hydrogen-bond acceptors (Lipinski definition) is 3. The molecule has 2 atom stereocenters. The summed E-state index contributed by atoms with van der Waals surface area (Å²) in [6.45, 7) is 6.16. The highest BCUT2D eigenvalue weighted by molar-refractivity contribution is 5.78. The van der Waals surface area contributed by atoms with Crippen LogP contribution < -0.4 is 5.32 Å². The summed E-state index contributed by atoms with van der Waals surface area (Å²) in [5.41, 5.74) is 0. The fourth-order valence-electron chi connectivity index (χ4n) is 3.71. The van der Waals surface area contributed by atoms with Crippen LogP contribution in [0, 0.1) is 5.92 Å². The number of carbonyl (C=O) groups is 2. The van der Waals surface area contributed by atoms with Crippen LogP contribution in [0.1, 0.15) is 52.4 Å². The first-order chi connectivity index (χ1) is 10.5. The van der Waals surface area contributed by atoms with Crippen LogP contribution in [-0.2, 0) is 9.59 Å². The molecule has 1 N–H and O–H groups in total. The van der Waals surface area contributed by atoms with Crippen molar-refractivity contribution in [2.24, 2.45) is 5.92 Å². The molecule has 2 fully saturated rings. The lowest BCUT2D eigenvalue weighted by atomic mass is 9.86. The molecule has 0 spiro atoms. The van der Waals surface area contributed by atoms with Crippen molar-refractivity contribution in [1.29, 1.82) is 0 Å². The maximum Gasteiger partial charge on any atom is 0.234 e. The zero-order chi connectivity index (χ0) is 16.1. The quantitative estimate of drug-likeness (QED) is 0.858. The van der Waals surface area contributed by atoms with Gasteiger partial charge in [0.2, 0.25) is 11.8 Å². The van der Waals surface area contributed by atoms with Gasteiger partial charge in [0.05, 0.1) is 6.54 Å². The Labute approximate surface area is 134 Å². The average Bonchev–Trinajstić information content (AvgIpc) is 2.49. The van der Waals surface area contributed by atoms with E-state index in [1.54, 1.807) is 6.92 Å². The summed E-state index contributed by atoms with van der Waals surface area (Å²) >= 11 is 0. The van der Waals surface area contributed by atoms with E-state index in [0.29, 0.717) is 24.5 Å². The molecule has 2 aliphatic rings. The van der Waals surface area contributed by atoms with Crippen molar-refractivity contribution in [2.75, 3.05) is 26.7 Å². The van der Waals surface area contributed by atoms with Gasteiger partial charge in [0.25, 0.3) is 0 Å². The Hall–Kier alpha value is -1.10. The molecule has 2 amide bonds. The second-order valence-corrected chi connectivity index (χ2v) is 7.07. The van der Waals surface area contributed by atoms with Gasteiger partial charge < -0.3 is 10.2 Å². The fourth-order valence-corrected chi connectivity index (χ4v) is 3.71. The molecule has 2 rings (SSSR count). The highest BCUT2D eigenvalue weighted by Crippen LogP contribution is 2.23.